The van der Waals surface area contributed by atoms with Gasteiger partial charge in [0.05, 0.1) is 10.9 Å². The monoisotopic (exact) mass is 465 g/mol. The maximum atomic E-state index is 12.4. The number of thiophene rings is 1. The van der Waals surface area contributed by atoms with Gasteiger partial charge >= 0.3 is 0 Å². The second-order valence-electron chi connectivity index (χ2n) is 6.78. The number of ether oxygens (including phenoxy) is 1. The summed E-state index contributed by atoms with van der Waals surface area (Å²) >= 11 is 5.14. The summed E-state index contributed by atoms with van der Waals surface area (Å²) < 4.78 is 6.83. The smallest absolute Gasteiger partial charge is 0.256 e. The molecule has 0 bridgehead atoms. The third-order valence-corrected chi connectivity index (χ3v) is 6.80. The third kappa shape index (κ3) is 3.52. The lowest BCUT2D eigenvalue weighted by molar-refractivity contribution is 0.102. The molecule has 0 spiro atoms. The number of hydrogen-bond donors (Lipinski definition) is 1. The Hall–Kier alpha value is -2.77. The lowest BCUT2D eigenvalue weighted by Crippen LogP contribution is -2.12. The van der Waals surface area contributed by atoms with Crippen LogP contribution in [0.25, 0.3) is 10.2 Å². The van der Waals surface area contributed by atoms with Crippen molar-refractivity contribution in [1.82, 2.24) is 9.97 Å². The van der Waals surface area contributed by atoms with Crippen LogP contribution in [0.2, 0.25) is 0 Å². The molecule has 0 atom stereocenters. The average molecular weight is 466 g/mol. The number of nitrogens with one attached hydrogen (secondary N) is 1. The summed E-state index contributed by atoms with van der Waals surface area (Å²) in [7, 11) is 0. The van der Waals surface area contributed by atoms with Crippen molar-refractivity contribution in [2.45, 2.75) is 19.3 Å². The van der Waals surface area contributed by atoms with Gasteiger partial charge in [-0.3, -0.25) is 4.79 Å². The first-order valence-electron chi connectivity index (χ1n) is 9.28. The molecule has 1 amide bonds. The van der Waals surface area contributed by atoms with Crippen LogP contribution in [-0.2, 0) is 12.8 Å². The van der Waals surface area contributed by atoms with Gasteiger partial charge in [0.2, 0.25) is 5.88 Å². The van der Waals surface area contributed by atoms with E-state index in [1.807, 2.05) is 42.5 Å². The molecule has 7 heteroatoms. The molecule has 0 unspecified atom stereocenters. The zero-order valence-corrected chi connectivity index (χ0v) is 17.7. The number of aromatic nitrogens is 2. The Bertz CT molecular complexity index is 1220. The van der Waals surface area contributed by atoms with Crippen LogP contribution in [0, 0.1) is 0 Å². The number of carbonyl (C=O) groups is 1. The highest BCUT2D eigenvalue weighted by Crippen LogP contribution is 2.41. The van der Waals surface area contributed by atoms with E-state index in [9.17, 15) is 4.79 Å². The van der Waals surface area contributed by atoms with E-state index in [1.165, 1.54) is 16.9 Å². The van der Waals surface area contributed by atoms with Crippen molar-refractivity contribution in [3.8, 4) is 11.6 Å². The first kappa shape index (κ1) is 18.3. The van der Waals surface area contributed by atoms with Crippen LogP contribution >= 0.6 is 27.3 Å². The van der Waals surface area contributed by atoms with Crippen molar-refractivity contribution >= 4 is 49.1 Å². The summed E-state index contributed by atoms with van der Waals surface area (Å²) in [6.45, 7) is 0. The van der Waals surface area contributed by atoms with Crippen molar-refractivity contribution in [1.29, 1.82) is 0 Å². The molecule has 1 aliphatic rings. The molecule has 4 aromatic rings. The molecule has 5 nitrogen and oxygen atoms in total. The van der Waals surface area contributed by atoms with Gasteiger partial charge in [0.1, 0.15) is 16.9 Å². The SMILES string of the molecule is O=C(Nc1ccc(Oc2ncnc3sc4c(c23)CCC4)cc1)c1ccccc1Br. The number of carbonyl (C=O) groups excluding carboxylic acids is 1. The number of rotatable bonds is 4. The fourth-order valence-corrected chi connectivity index (χ4v) is 5.22. The van der Waals surface area contributed by atoms with Crippen LogP contribution in [0.15, 0.2) is 59.3 Å². The number of nitrogens with zero attached hydrogens (tertiary/aromatic N) is 2. The average Bonchev–Trinajstić information content (AvgIpc) is 3.31. The Balaban J connectivity index is 1.36. The Morgan fingerprint density at radius 3 is 2.72 bits per heavy atom. The number of halogens is 1. The van der Waals surface area contributed by atoms with Gasteiger partial charge in [0.15, 0.2) is 0 Å². The van der Waals surface area contributed by atoms with Gasteiger partial charge in [-0.1, -0.05) is 12.1 Å². The summed E-state index contributed by atoms with van der Waals surface area (Å²) in [4.78, 5) is 23.6. The minimum atomic E-state index is -0.169. The Kier molecular flexibility index (Phi) is 4.77. The van der Waals surface area contributed by atoms with Crippen LogP contribution in [0.3, 0.4) is 0 Å². The maximum Gasteiger partial charge on any atom is 0.256 e. The third-order valence-electron chi connectivity index (χ3n) is 4.91. The first-order chi connectivity index (χ1) is 14.2. The van der Waals surface area contributed by atoms with Gasteiger partial charge in [-0.25, -0.2) is 9.97 Å². The second-order valence-corrected chi connectivity index (χ2v) is 8.71. The first-order valence-corrected chi connectivity index (χ1v) is 10.9. The van der Waals surface area contributed by atoms with Crippen LogP contribution in [0.1, 0.15) is 27.2 Å². The number of benzene rings is 2. The molecule has 0 aliphatic heterocycles. The fraction of sp³-hybridized carbons (Fsp3) is 0.136. The molecule has 1 aliphatic carbocycles. The second kappa shape index (κ2) is 7.57. The summed E-state index contributed by atoms with van der Waals surface area (Å²) in [5, 5.41) is 3.94. The minimum Gasteiger partial charge on any atom is -0.438 e. The minimum absolute atomic E-state index is 0.169. The van der Waals surface area contributed by atoms with Gasteiger partial charge in [-0.2, -0.15) is 0 Å². The molecule has 2 aromatic heterocycles. The fourth-order valence-electron chi connectivity index (χ4n) is 3.54. The molecule has 2 heterocycles. The van der Waals surface area contributed by atoms with Crippen LogP contribution < -0.4 is 10.1 Å². The molecule has 0 saturated carbocycles. The highest BCUT2D eigenvalue weighted by atomic mass is 79.9. The van der Waals surface area contributed by atoms with Crippen molar-refractivity contribution in [2.24, 2.45) is 0 Å². The number of amides is 1. The van der Waals surface area contributed by atoms with E-state index in [2.05, 4.69) is 31.2 Å². The van der Waals surface area contributed by atoms with Crippen molar-refractivity contribution in [3.63, 3.8) is 0 Å². The van der Waals surface area contributed by atoms with Gasteiger partial charge in [-0.05, 0) is 77.2 Å². The lowest BCUT2D eigenvalue weighted by atomic mass is 10.2. The Labute approximate surface area is 179 Å². The lowest BCUT2D eigenvalue weighted by Gasteiger charge is -2.09. The standard InChI is InChI=1S/C22H16BrN3O2S/c23-17-6-2-1-4-15(17)20(27)26-13-8-10-14(11-9-13)28-21-19-16-5-3-7-18(16)29-22(19)25-12-24-21/h1-2,4,6,8-12H,3,5,7H2,(H,26,27). The Morgan fingerprint density at radius 2 is 1.90 bits per heavy atom. The van der Waals surface area contributed by atoms with E-state index in [0.29, 0.717) is 22.9 Å². The number of hydrogen-bond acceptors (Lipinski definition) is 5. The summed E-state index contributed by atoms with van der Waals surface area (Å²) in [5.41, 5.74) is 2.61. The van der Waals surface area contributed by atoms with Crippen molar-refractivity contribution in [3.05, 3.63) is 75.3 Å². The summed E-state index contributed by atoms with van der Waals surface area (Å²) in [6.07, 6.45) is 4.90. The van der Waals surface area contributed by atoms with Crippen molar-refractivity contribution in [2.75, 3.05) is 5.32 Å². The van der Waals surface area contributed by atoms with Crippen LogP contribution in [0.5, 0.6) is 11.6 Å². The van der Waals surface area contributed by atoms with Gasteiger partial charge in [0, 0.05) is 15.0 Å². The van der Waals surface area contributed by atoms with E-state index >= 15 is 0 Å². The molecule has 0 saturated heterocycles. The van der Waals surface area contributed by atoms with E-state index in [-0.39, 0.29) is 5.91 Å². The predicted octanol–water partition coefficient (Wildman–Crippen LogP) is 5.99. The summed E-state index contributed by atoms with van der Waals surface area (Å²) in [5.74, 6) is 1.10. The molecule has 0 radical (unpaired) electrons. The number of aryl methyl sites for hydroxylation is 2. The highest BCUT2D eigenvalue weighted by Gasteiger charge is 2.22. The van der Waals surface area contributed by atoms with Gasteiger partial charge in [-0.15, -0.1) is 11.3 Å². The van der Waals surface area contributed by atoms with E-state index in [0.717, 1.165) is 27.5 Å². The Morgan fingerprint density at radius 1 is 1.07 bits per heavy atom. The van der Waals surface area contributed by atoms with E-state index in [4.69, 9.17) is 4.74 Å². The predicted molar refractivity (Wildman–Crippen MR) is 118 cm³/mol. The topological polar surface area (TPSA) is 64.1 Å². The molecule has 29 heavy (non-hydrogen) atoms. The van der Waals surface area contributed by atoms with E-state index in [1.54, 1.807) is 23.7 Å². The zero-order valence-electron chi connectivity index (χ0n) is 15.3. The number of fused-ring (bicyclic) bond motifs is 3. The largest absolute Gasteiger partial charge is 0.438 e. The maximum absolute atomic E-state index is 12.4. The van der Waals surface area contributed by atoms with Gasteiger partial charge < -0.3 is 10.1 Å². The van der Waals surface area contributed by atoms with Crippen LogP contribution in [-0.4, -0.2) is 15.9 Å². The molecule has 2 aromatic carbocycles. The van der Waals surface area contributed by atoms with Crippen molar-refractivity contribution < 1.29 is 9.53 Å². The normalized spacial score (nSPS) is 12.7. The molecule has 5 rings (SSSR count). The zero-order chi connectivity index (χ0) is 19.8. The molecule has 0 fully saturated rings. The molecule has 1 N–H and O–H groups in total. The number of anilines is 1. The highest BCUT2D eigenvalue weighted by molar-refractivity contribution is 9.10. The molecular weight excluding hydrogens is 450 g/mol. The van der Waals surface area contributed by atoms with Crippen LogP contribution in [0.4, 0.5) is 5.69 Å². The molecule has 144 valence electrons. The van der Waals surface area contributed by atoms with Gasteiger partial charge in [0.25, 0.3) is 5.91 Å². The summed E-state index contributed by atoms with van der Waals surface area (Å²) in [6, 6.07) is 14.6. The molecular formula is C22H16BrN3O2S. The van der Waals surface area contributed by atoms with E-state index < -0.39 is 0 Å². The quantitative estimate of drug-likeness (QED) is 0.402.